The van der Waals surface area contributed by atoms with E-state index in [2.05, 4.69) is 42.5 Å². The number of halogens is 2. The molecule has 2 saturated carbocycles. The Labute approximate surface area is 164 Å². The highest BCUT2D eigenvalue weighted by atomic mass is 35.5. The molecular weight excluding hydrogens is 359 g/mol. The van der Waals surface area contributed by atoms with Crippen LogP contribution in [0.1, 0.15) is 41.0 Å². The number of hydrogen-bond acceptors (Lipinski definition) is 0. The lowest BCUT2D eigenvalue weighted by molar-refractivity contribution is 0.468. The SMILES string of the molecule is Clc1cc(C2C3CC[C@H]32)ccc1C(Cl)(c1ccccc1)c1ccccc1. The maximum atomic E-state index is 7.35. The molecule has 0 aliphatic heterocycles. The Morgan fingerprint density at radius 3 is 1.73 bits per heavy atom. The molecule has 0 radical (unpaired) electrons. The van der Waals surface area contributed by atoms with Crippen molar-refractivity contribution < 1.29 is 0 Å². The molecule has 0 bridgehead atoms. The molecule has 0 spiro atoms. The van der Waals surface area contributed by atoms with Crippen LogP contribution in [0, 0.1) is 11.8 Å². The minimum Gasteiger partial charge on any atom is -0.103 e. The van der Waals surface area contributed by atoms with Gasteiger partial charge in [-0.15, -0.1) is 11.6 Å². The maximum absolute atomic E-state index is 7.35. The summed E-state index contributed by atoms with van der Waals surface area (Å²) in [7, 11) is 0. The fourth-order valence-electron chi connectivity index (χ4n) is 4.68. The number of alkyl halides is 1. The zero-order valence-corrected chi connectivity index (χ0v) is 15.9. The lowest BCUT2D eigenvalue weighted by Gasteiger charge is -2.30. The van der Waals surface area contributed by atoms with Gasteiger partial charge in [0, 0.05) is 10.6 Å². The Bertz CT molecular complexity index is 883. The lowest BCUT2D eigenvalue weighted by atomic mass is 9.83. The van der Waals surface area contributed by atoms with Crippen molar-refractivity contribution in [3.63, 3.8) is 0 Å². The van der Waals surface area contributed by atoms with Crippen molar-refractivity contribution in [2.24, 2.45) is 11.8 Å². The summed E-state index contributed by atoms with van der Waals surface area (Å²) in [4.78, 5) is -0.791. The predicted molar refractivity (Wildman–Crippen MR) is 109 cm³/mol. The molecule has 2 fully saturated rings. The number of benzene rings is 3. The second-order valence-corrected chi connectivity index (χ2v) is 8.53. The average molecular weight is 379 g/mol. The van der Waals surface area contributed by atoms with Crippen LogP contribution >= 0.6 is 23.2 Å². The van der Waals surface area contributed by atoms with Gasteiger partial charge in [0.1, 0.15) is 4.87 Å². The Morgan fingerprint density at radius 2 is 1.27 bits per heavy atom. The predicted octanol–water partition coefficient (Wildman–Crippen LogP) is 6.99. The van der Waals surface area contributed by atoms with Gasteiger partial charge in [0.25, 0.3) is 0 Å². The third-order valence-electron chi connectivity index (χ3n) is 6.26. The zero-order chi connectivity index (χ0) is 17.7. The molecule has 0 saturated heterocycles. The number of hydrogen-bond donors (Lipinski definition) is 0. The van der Waals surface area contributed by atoms with Crippen LogP contribution in [0.25, 0.3) is 0 Å². The van der Waals surface area contributed by atoms with Gasteiger partial charge in [0.2, 0.25) is 0 Å². The van der Waals surface area contributed by atoms with E-state index in [1.54, 1.807) is 0 Å². The quantitative estimate of drug-likeness (QED) is 0.338. The van der Waals surface area contributed by atoms with Crippen molar-refractivity contribution >= 4 is 23.2 Å². The van der Waals surface area contributed by atoms with Crippen molar-refractivity contribution in [2.75, 3.05) is 0 Å². The van der Waals surface area contributed by atoms with Gasteiger partial charge in [0.05, 0.1) is 0 Å². The normalized spacial score (nSPS) is 23.8. The van der Waals surface area contributed by atoms with Gasteiger partial charge in [-0.3, -0.25) is 0 Å². The van der Waals surface area contributed by atoms with Crippen molar-refractivity contribution in [3.8, 4) is 0 Å². The Hall–Kier alpha value is -1.76. The van der Waals surface area contributed by atoms with Crippen LogP contribution in [-0.4, -0.2) is 0 Å². The third kappa shape index (κ3) is 2.43. The molecule has 2 unspecified atom stereocenters. The zero-order valence-electron chi connectivity index (χ0n) is 14.4. The molecule has 0 N–H and O–H groups in total. The first-order valence-corrected chi connectivity index (χ1v) is 10.0. The first kappa shape index (κ1) is 16.4. The molecule has 0 nitrogen and oxygen atoms in total. The first-order chi connectivity index (χ1) is 12.7. The Balaban J connectivity index is 1.63. The topological polar surface area (TPSA) is 0 Å². The molecule has 130 valence electrons. The molecule has 2 aliphatic rings. The van der Waals surface area contributed by atoms with E-state index < -0.39 is 4.87 Å². The van der Waals surface area contributed by atoms with Crippen LogP contribution in [0.15, 0.2) is 78.9 Å². The highest BCUT2D eigenvalue weighted by Crippen LogP contribution is 2.66. The van der Waals surface area contributed by atoms with Gasteiger partial charge in [-0.25, -0.2) is 0 Å². The molecular formula is C24H20Cl2. The average Bonchev–Trinajstić information content (AvgIpc) is 3.22. The molecule has 2 heteroatoms. The van der Waals surface area contributed by atoms with E-state index in [9.17, 15) is 0 Å². The second kappa shape index (κ2) is 6.15. The summed E-state index contributed by atoms with van der Waals surface area (Å²) in [6.07, 6.45) is 2.75. The van der Waals surface area contributed by atoms with Crippen molar-refractivity contribution in [3.05, 3.63) is 106 Å². The fourth-order valence-corrected chi connectivity index (χ4v) is 5.48. The molecule has 0 amide bonds. The van der Waals surface area contributed by atoms with E-state index in [0.717, 1.165) is 39.5 Å². The molecule has 3 atom stereocenters. The van der Waals surface area contributed by atoms with E-state index in [1.807, 2.05) is 36.4 Å². The maximum Gasteiger partial charge on any atom is 0.121 e. The van der Waals surface area contributed by atoms with E-state index in [1.165, 1.54) is 18.4 Å². The molecule has 3 aromatic rings. The minimum absolute atomic E-state index is 0.722. The van der Waals surface area contributed by atoms with Crippen molar-refractivity contribution in [2.45, 2.75) is 23.6 Å². The summed E-state index contributed by atoms with van der Waals surface area (Å²) in [6.45, 7) is 0. The van der Waals surface area contributed by atoms with Crippen LogP contribution in [0.4, 0.5) is 0 Å². The van der Waals surface area contributed by atoms with E-state index in [4.69, 9.17) is 23.2 Å². The van der Waals surface area contributed by atoms with Gasteiger partial charge >= 0.3 is 0 Å². The summed E-state index contributed by atoms with van der Waals surface area (Å²) < 4.78 is 0. The Kier molecular flexibility index (Phi) is 3.88. The molecule has 3 aromatic carbocycles. The number of fused-ring (bicyclic) bond motifs is 1. The molecule has 26 heavy (non-hydrogen) atoms. The minimum atomic E-state index is -0.791. The Morgan fingerprint density at radius 1 is 0.731 bits per heavy atom. The van der Waals surface area contributed by atoms with Crippen LogP contribution in [0.5, 0.6) is 0 Å². The van der Waals surface area contributed by atoms with Crippen LogP contribution in [0.2, 0.25) is 5.02 Å². The van der Waals surface area contributed by atoms with Crippen molar-refractivity contribution in [1.82, 2.24) is 0 Å². The van der Waals surface area contributed by atoms with E-state index in [-0.39, 0.29) is 0 Å². The van der Waals surface area contributed by atoms with E-state index in [0.29, 0.717) is 0 Å². The van der Waals surface area contributed by atoms with E-state index >= 15 is 0 Å². The van der Waals surface area contributed by atoms with Gasteiger partial charge in [0.15, 0.2) is 0 Å². The number of rotatable bonds is 4. The van der Waals surface area contributed by atoms with Gasteiger partial charge in [-0.1, -0.05) is 84.4 Å². The van der Waals surface area contributed by atoms with Gasteiger partial charge < -0.3 is 0 Å². The largest absolute Gasteiger partial charge is 0.121 e. The summed E-state index contributed by atoms with van der Waals surface area (Å²) >= 11 is 14.2. The van der Waals surface area contributed by atoms with Crippen molar-refractivity contribution in [1.29, 1.82) is 0 Å². The lowest BCUT2D eigenvalue weighted by Crippen LogP contribution is -2.22. The van der Waals surface area contributed by atoms with Crippen LogP contribution in [-0.2, 0) is 4.87 Å². The smallest absolute Gasteiger partial charge is 0.103 e. The molecule has 0 aromatic heterocycles. The van der Waals surface area contributed by atoms with Crippen LogP contribution in [0.3, 0.4) is 0 Å². The highest BCUT2D eigenvalue weighted by molar-refractivity contribution is 6.35. The summed E-state index contributed by atoms with van der Waals surface area (Å²) in [5, 5.41) is 0.761. The molecule has 2 aliphatic carbocycles. The summed E-state index contributed by atoms with van der Waals surface area (Å²) in [5.41, 5.74) is 4.41. The summed E-state index contributed by atoms with van der Waals surface area (Å²) in [6, 6.07) is 27.0. The fraction of sp³-hybridized carbons (Fsp3) is 0.250. The monoisotopic (exact) mass is 378 g/mol. The molecule has 5 rings (SSSR count). The van der Waals surface area contributed by atoms with Gasteiger partial charge in [-0.2, -0.15) is 0 Å². The first-order valence-electron chi connectivity index (χ1n) is 9.29. The highest BCUT2D eigenvalue weighted by Gasteiger charge is 2.56. The van der Waals surface area contributed by atoms with Crippen LogP contribution < -0.4 is 0 Å². The second-order valence-electron chi connectivity index (χ2n) is 7.56. The van der Waals surface area contributed by atoms with Gasteiger partial charge in [-0.05, 0) is 53.4 Å². The summed E-state index contributed by atoms with van der Waals surface area (Å²) in [5.74, 6) is 2.53. The third-order valence-corrected chi connectivity index (χ3v) is 7.21. The standard InChI is InChI=1S/C24H20Cl2/c25-22-15-16(23-19-12-13-20(19)23)11-14-21(22)24(26,17-7-3-1-4-8-17)18-9-5-2-6-10-18/h1-11,14-15,19-20,23H,12-13H2/t19-,20?,23?/m1/s1. The molecule has 0 heterocycles.